The van der Waals surface area contributed by atoms with Crippen molar-refractivity contribution < 1.29 is 19.5 Å². The van der Waals surface area contributed by atoms with E-state index in [0.717, 1.165) is 0 Å². The van der Waals surface area contributed by atoms with Gasteiger partial charge < -0.3 is 15.7 Å². The molecule has 0 radical (unpaired) electrons. The Morgan fingerprint density at radius 3 is 2.32 bits per heavy atom. The minimum absolute atomic E-state index is 0.198. The van der Waals surface area contributed by atoms with Crippen LogP contribution in [-0.2, 0) is 14.4 Å². The smallest absolute Gasteiger partial charge is 0.307 e. The average Bonchev–Trinajstić information content (AvgIpc) is 3.08. The highest BCUT2D eigenvalue weighted by atomic mass is 16.4. The second-order valence-electron chi connectivity index (χ2n) is 4.54. The molecule has 0 aliphatic heterocycles. The van der Waals surface area contributed by atoms with Gasteiger partial charge in [-0.05, 0) is 24.6 Å². The molecule has 0 heterocycles. The number of carbonyl (C=O) groups excluding carboxylic acids is 2. The molecule has 6 heteroatoms. The number of hydrogen-bond acceptors (Lipinski definition) is 3. The van der Waals surface area contributed by atoms with Crippen LogP contribution in [0.3, 0.4) is 0 Å². The molecule has 2 rings (SSSR count). The van der Waals surface area contributed by atoms with Gasteiger partial charge in [-0.1, -0.05) is 6.07 Å². The molecule has 19 heavy (non-hydrogen) atoms. The molecule has 100 valence electrons. The van der Waals surface area contributed by atoms with Crippen molar-refractivity contribution in [3.8, 4) is 0 Å². The van der Waals surface area contributed by atoms with Crippen molar-refractivity contribution >= 4 is 29.2 Å². The van der Waals surface area contributed by atoms with Gasteiger partial charge in [0.1, 0.15) is 0 Å². The maximum atomic E-state index is 11.8. The number of nitrogens with one attached hydrogen (secondary N) is 2. The van der Waals surface area contributed by atoms with Gasteiger partial charge in [0.25, 0.3) is 0 Å². The molecule has 2 atom stereocenters. The Morgan fingerprint density at radius 2 is 1.79 bits per heavy atom. The lowest BCUT2D eigenvalue weighted by Gasteiger charge is -2.07. The number of hydrogen-bond donors (Lipinski definition) is 3. The standard InChI is InChI=1S/C13H14N2O4/c1-7(16)14-8-3-2-4-9(5-8)15-12(17)10-6-11(10)13(18)19/h2-5,10-11H,6H2,1H3,(H,14,16)(H,15,17)(H,18,19)/t10-,11+/m1/s1. The Morgan fingerprint density at radius 1 is 1.16 bits per heavy atom. The first kappa shape index (κ1) is 13.1. The summed E-state index contributed by atoms with van der Waals surface area (Å²) in [6.45, 7) is 1.40. The Kier molecular flexibility index (Phi) is 3.50. The van der Waals surface area contributed by atoms with Crippen molar-refractivity contribution in [2.75, 3.05) is 10.6 Å². The van der Waals surface area contributed by atoms with E-state index >= 15 is 0 Å². The summed E-state index contributed by atoms with van der Waals surface area (Å²) in [6, 6.07) is 6.70. The summed E-state index contributed by atoms with van der Waals surface area (Å²) in [7, 11) is 0. The van der Waals surface area contributed by atoms with Crippen LogP contribution in [0, 0.1) is 11.8 Å². The van der Waals surface area contributed by atoms with Crippen molar-refractivity contribution in [3.63, 3.8) is 0 Å². The van der Waals surface area contributed by atoms with E-state index in [1.807, 2.05) is 0 Å². The largest absolute Gasteiger partial charge is 0.481 e. The minimum Gasteiger partial charge on any atom is -0.481 e. The Balaban J connectivity index is 1.98. The third-order valence-corrected chi connectivity index (χ3v) is 2.89. The topological polar surface area (TPSA) is 95.5 Å². The summed E-state index contributed by atoms with van der Waals surface area (Å²) in [4.78, 5) is 33.4. The van der Waals surface area contributed by atoms with E-state index in [0.29, 0.717) is 17.8 Å². The van der Waals surface area contributed by atoms with Crippen LogP contribution in [0.1, 0.15) is 13.3 Å². The number of aliphatic carboxylic acids is 1. The summed E-state index contributed by atoms with van der Waals surface area (Å²) in [6.07, 6.45) is 0.382. The van der Waals surface area contributed by atoms with Gasteiger partial charge in [0, 0.05) is 18.3 Å². The van der Waals surface area contributed by atoms with Gasteiger partial charge in [-0.25, -0.2) is 0 Å². The molecule has 0 spiro atoms. The van der Waals surface area contributed by atoms with E-state index in [-0.39, 0.29) is 11.8 Å². The summed E-state index contributed by atoms with van der Waals surface area (Å²) in [5, 5.41) is 14.0. The van der Waals surface area contributed by atoms with Gasteiger partial charge in [0.2, 0.25) is 11.8 Å². The third kappa shape index (κ3) is 3.31. The lowest BCUT2D eigenvalue weighted by molar-refractivity contribution is -0.139. The van der Waals surface area contributed by atoms with E-state index < -0.39 is 17.8 Å². The van der Waals surface area contributed by atoms with Crippen molar-refractivity contribution in [1.29, 1.82) is 0 Å². The fourth-order valence-corrected chi connectivity index (χ4v) is 1.87. The lowest BCUT2D eigenvalue weighted by atomic mass is 10.2. The first-order valence-corrected chi connectivity index (χ1v) is 5.88. The summed E-state index contributed by atoms with van der Waals surface area (Å²) in [5.41, 5.74) is 1.11. The highest BCUT2D eigenvalue weighted by molar-refractivity contribution is 5.99. The highest BCUT2D eigenvalue weighted by Gasteiger charge is 2.48. The number of carbonyl (C=O) groups is 3. The zero-order valence-electron chi connectivity index (χ0n) is 10.3. The molecule has 0 saturated heterocycles. The average molecular weight is 262 g/mol. The van der Waals surface area contributed by atoms with Gasteiger partial charge in [-0.3, -0.25) is 14.4 Å². The maximum absolute atomic E-state index is 11.8. The second-order valence-corrected chi connectivity index (χ2v) is 4.54. The van der Waals surface area contributed by atoms with Crippen molar-refractivity contribution in [2.24, 2.45) is 11.8 Å². The third-order valence-electron chi connectivity index (χ3n) is 2.89. The van der Waals surface area contributed by atoms with Gasteiger partial charge in [0.05, 0.1) is 11.8 Å². The Bertz CT molecular complexity index is 541. The van der Waals surface area contributed by atoms with Gasteiger partial charge in [-0.2, -0.15) is 0 Å². The number of amides is 2. The predicted octanol–water partition coefficient (Wildman–Crippen LogP) is 1.30. The normalized spacial score (nSPS) is 20.5. The number of anilines is 2. The molecule has 1 fully saturated rings. The fraction of sp³-hybridized carbons (Fsp3) is 0.308. The molecule has 1 aliphatic carbocycles. The molecular formula is C13H14N2O4. The molecule has 0 unspecified atom stereocenters. The van der Waals surface area contributed by atoms with Crippen LogP contribution in [-0.4, -0.2) is 22.9 Å². The molecule has 6 nitrogen and oxygen atoms in total. The second kappa shape index (κ2) is 5.09. The predicted molar refractivity (Wildman–Crippen MR) is 68.6 cm³/mol. The fourth-order valence-electron chi connectivity index (χ4n) is 1.87. The van der Waals surface area contributed by atoms with Crippen LogP contribution in [0.4, 0.5) is 11.4 Å². The Hall–Kier alpha value is -2.37. The SMILES string of the molecule is CC(=O)Nc1cccc(NC(=O)[C@@H]2C[C@@H]2C(=O)O)c1. The number of benzene rings is 1. The molecule has 2 amide bonds. The Labute approximate surface area is 109 Å². The van der Waals surface area contributed by atoms with Gasteiger partial charge in [-0.15, -0.1) is 0 Å². The molecule has 0 bridgehead atoms. The van der Waals surface area contributed by atoms with Crippen LogP contribution in [0.15, 0.2) is 24.3 Å². The minimum atomic E-state index is -0.938. The van der Waals surface area contributed by atoms with E-state index in [1.54, 1.807) is 24.3 Å². The number of carboxylic acids is 1. The number of rotatable bonds is 4. The number of carboxylic acid groups (broad SMARTS) is 1. The van der Waals surface area contributed by atoms with Crippen LogP contribution >= 0.6 is 0 Å². The van der Waals surface area contributed by atoms with E-state index in [1.165, 1.54) is 6.92 Å². The monoisotopic (exact) mass is 262 g/mol. The summed E-state index contributed by atoms with van der Waals surface area (Å²) < 4.78 is 0. The maximum Gasteiger partial charge on any atom is 0.307 e. The zero-order valence-corrected chi connectivity index (χ0v) is 10.3. The van der Waals surface area contributed by atoms with E-state index in [4.69, 9.17) is 5.11 Å². The lowest BCUT2D eigenvalue weighted by Crippen LogP contribution is -2.17. The molecular weight excluding hydrogens is 248 g/mol. The highest BCUT2D eigenvalue weighted by Crippen LogP contribution is 2.39. The van der Waals surface area contributed by atoms with Gasteiger partial charge >= 0.3 is 5.97 Å². The first-order valence-electron chi connectivity index (χ1n) is 5.88. The van der Waals surface area contributed by atoms with Crippen LogP contribution in [0.5, 0.6) is 0 Å². The molecule has 0 aromatic heterocycles. The molecule has 3 N–H and O–H groups in total. The van der Waals surface area contributed by atoms with Gasteiger partial charge in [0.15, 0.2) is 0 Å². The quantitative estimate of drug-likeness (QED) is 0.762. The summed E-state index contributed by atoms with van der Waals surface area (Å²) in [5.74, 6) is -2.46. The van der Waals surface area contributed by atoms with E-state index in [2.05, 4.69) is 10.6 Å². The van der Waals surface area contributed by atoms with E-state index in [9.17, 15) is 14.4 Å². The molecule has 1 aromatic carbocycles. The van der Waals surface area contributed by atoms with Crippen molar-refractivity contribution in [2.45, 2.75) is 13.3 Å². The van der Waals surface area contributed by atoms with Crippen molar-refractivity contribution in [3.05, 3.63) is 24.3 Å². The molecule has 1 aromatic rings. The first-order chi connectivity index (χ1) is 8.97. The molecule has 1 aliphatic rings. The molecule has 1 saturated carbocycles. The zero-order chi connectivity index (χ0) is 14.0. The van der Waals surface area contributed by atoms with Crippen molar-refractivity contribution in [1.82, 2.24) is 0 Å². The summed E-state index contributed by atoms with van der Waals surface area (Å²) >= 11 is 0. The van der Waals surface area contributed by atoms with Crippen LogP contribution < -0.4 is 10.6 Å². The van der Waals surface area contributed by atoms with Crippen LogP contribution in [0.25, 0.3) is 0 Å². The van der Waals surface area contributed by atoms with Crippen LogP contribution in [0.2, 0.25) is 0 Å².